The molecule has 2 aromatic rings. The molecule has 0 spiro atoms. The molecule has 6 nitrogen and oxygen atoms in total. The van der Waals surface area contributed by atoms with Crippen LogP contribution in [0.3, 0.4) is 0 Å². The first-order valence-electron chi connectivity index (χ1n) is 8.59. The monoisotopic (exact) mass is 373 g/mol. The molecule has 0 unspecified atom stereocenters. The Bertz CT molecular complexity index is 819. The Kier molecular flexibility index (Phi) is 6.78. The van der Waals surface area contributed by atoms with Crippen molar-refractivity contribution >= 4 is 34.9 Å². The van der Waals surface area contributed by atoms with Gasteiger partial charge < -0.3 is 15.5 Å². The number of carbonyl (C=O) groups excluding carboxylic acids is 1. The molecule has 1 fully saturated rings. The number of anilines is 1. The van der Waals surface area contributed by atoms with Gasteiger partial charge in [0.15, 0.2) is 0 Å². The van der Waals surface area contributed by atoms with Crippen molar-refractivity contribution in [2.24, 2.45) is 5.92 Å². The summed E-state index contributed by atoms with van der Waals surface area (Å²) in [5.74, 6) is 0.490. The predicted octanol–water partition coefficient (Wildman–Crippen LogP) is 2.08. The van der Waals surface area contributed by atoms with Crippen molar-refractivity contribution in [3.8, 4) is 6.07 Å². The molecule has 1 aromatic heterocycles. The van der Waals surface area contributed by atoms with Gasteiger partial charge in [-0.1, -0.05) is 6.92 Å². The summed E-state index contributed by atoms with van der Waals surface area (Å²) in [7, 11) is 1.77. The highest BCUT2D eigenvalue weighted by Crippen LogP contribution is 2.31. The maximum Gasteiger partial charge on any atom is 0.234 e. The van der Waals surface area contributed by atoms with Crippen molar-refractivity contribution in [3.63, 3.8) is 0 Å². The van der Waals surface area contributed by atoms with E-state index in [-0.39, 0.29) is 24.4 Å². The molecule has 2 heterocycles. The number of pyridine rings is 1. The molecule has 0 radical (unpaired) electrons. The molecule has 1 aliphatic rings. The van der Waals surface area contributed by atoms with Gasteiger partial charge in [-0.15, -0.1) is 12.4 Å². The Morgan fingerprint density at radius 3 is 2.92 bits per heavy atom. The number of likely N-dealkylation sites (N-methyl/N-ethyl adjacent to an activating group) is 1. The highest BCUT2D eigenvalue weighted by Gasteiger charge is 2.27. The number of nitrogens with zero attached hydrogens (tertiary/aromatic N) is 3. The van der Waals surface area contributed by atoms with Crippen LogP contribution in [0.4, 0.5) is 5.69 Å². The molecule has 0 saturated carbocycles. The maximum absolute atomic E-state index is 11.9. The molecule has 0 bridgehead atoms. The van der Waals surface area contributed by atoms with E-state index >= 15 is 0 Å². The first-order valence-corrected chi connectivity index (χ1v) is 8.59. The molecule has 2 N–H and O–H groups in total. The minimum Gasteiger partial charge on any atom is -0.369 e. The Labute approximate surface area is 160 Å². The zero-order valence-electron chi connectivity index (χ0n) is 15.0. The fourth-order valence-electron chi connectivity index (χ4n) is 3.62. The summed E-state index contributed by atoms with van der Waals surface area (Å²) in [6, 6.07) is 10.1. The second kappa shape index (κ2) is 8.84. The average Bonchev–Trinajstić information content (AvgIpc) is 2.60. The lowest BCUT2D eigenvalue weighted by molar-refractivity contribution is -0.120. The summed E-state index contributed by atoms with van der Waals surface area (Å²) in [6.45, 7) is 4.21. The van der Waals surface area contributed by atoms with E-state index in [1.165, 1.54) is 0 Å². The zero-order valence-corrected chi connectivity index (χ0v) is 15.8. The van der Waals surface area contributed by atoms with Crippen LogP contribution in [0.2, 0.25) is 0 Å². The standard InChI is InChI=1S/C19H23N5O.ClH/c1-13-8-15(23-18(25)10-21-2)12-24(11-13)17-6-5-14(9-20)19-16(17)4-3-7-22-19;/h3-7,13,15,21H,8,10-12H2,1-2H3,(H,23,25);1H/t13-,15+;/m0./s1. The number of fused-ring (bicyclic) bond motifs is 1. The van der Waals surface area contributed by atoms with E-state index in [1.807, 2.05) is 24.3 Å². The number of nitrogens with one attached hydrogen (secondary N) is 2. The van der Waals surface area contributed by atoms with Crippen molar-refractivity contribution in [1.82, 2.24) is 15.6 Å². The lowest BCUT2D eigenvalue weighted by Crippen LogP contribution is -2.51. The van der Waals surface area contributed by atoms with E-state index in [1.54, 1.807) is 13.2 Å². The number of carbonyl (C=O) groups is 1. The van der Waals surface area contributed by atoms with Crippen LogP contribution in [-0.2, 0) is 4.79 Å². The van der Waals surface area contributed by atoms with Gasteiger partial charge in [0.1, 0.15) is 6.07 Å². The molecular weight excluding hydrogens is 350 g/mol. The number of hydrogen-bond acceptors (Lipinski definition) is 5. The van der Waals surface area contributed by atoms with Gasteiger partial charge in [-0.25, -0.2) is 0 Å². The highest BCUT2D eigenvalue weighted by molar-refractivity contribution is 5.95. The van der Waals surface area contributed by atoms with Crippen molar-refractivity contribution in [2.45, 2.75) is 19.4 Å². The summed E-state index contributed by atoms with van der Waals surface area (Å²) in [4.78, 5) is 18.6. The van der Waals surface area contributed by atoms with Crippen molar-refractivity contribution < 1.29 is 4.79 Å². The van der Waals surface area contributed by atoms with Crippen molar-refractivity contribution in [2.75, 3.05) is 31.6 Å². The van der Waals surface area contributed by atoms with Gasteiger partial charge in [0.05, 0.1) is 17.6 Å². The number of nitriles is 1. The van der Waals surface area contributed by atoms with Crippen LogP contribution in [0.15, 0.2) is 30.5 Å². The van der Waals surface area contributed by atoms with E-state index in [0.717, 1.165) is 36.1 Å². The maximum atomic E-state index is 11.9. The smallest absolute Gasteiger partial charge is 0.234 e. The summed E-state index contributed by atoms with van der Waals surface area (Å²) in [5, 5.41) is 16.3. The number of halogens is 1. The summed E-state index contributed by atoms with van der Waals surface area (Å²) in [6.07, 6.45) is 2.69. The number of benzene rings is 1. The average molecular weight is 374 g/mol. The Morgan fingerprint density at radius 2 is 2.19 bits per heavy atom. The SMILES string of the molecule is CNCC(=O)N[C@@H]1C[C@H](C)CN(c2ccc(C#N)c3ncccc23)C1.Cl. The van der Waals surface area contributed by atoms with E-state index < -0.39 is 0 Å². The molecule has 3 rings (SSSR count). The third-order valence-electron chi connectivity index (χ3n) is 4.57. The van der Waals surface area contributed by atoms with Crippen LogP contribution in [0, 0.1) is 17.2 Å². The third-order valence-corrected chi connectivity index (χ3v) is 4.57. The van der Waals surface area contributed by atoms with Crippen LogP contribution in [0.25, 0.3) is 10.9 Å². The zero-order chi connectivity index (χ0) is 17.8. The highest BCUT2D eigenvalue weighted by atomic mass is 35.5. The molecule has 1 aromatic carbocycles. The molecular formula is C19H24ClN5O. The first-order chi connectivity index (χ1) is 12.1. The molecule has 0 aliphatic carbocycles. The van der Waals surface area contributed by atoms with Gasteiger partial charge in [-0.05, 0) is 43.7 Å². The van der Waals surface area contributed by atoms with Crippen molar-refractivity contribution in [3.05, 3.63) is 36.0 Å². The van der Waals surface area contributed by atoms with E-state index in [9.17, 15) is 10.1 Å². The largest absolute Gasteiger partial charge is 0.369 e. The quantitative estimate of drug-likeness (QED) is 0.857. The molecule has 1 saturated heterocycles. The second-order valence-corrected chi connectivity index (χ2v) is 6.68. The molecule has 7 heteroatoms. The third kappa shape index (κ3) is 4.24. The van der Waals surface area contributed by atoms with Crippen LogP contribution >= 0.6 is 12.4 Å². The molecule has 1 aliphatic heterocycles. The fourth-order valence-corrected chi connectivity index (χ4v) is 3.62. The summed E-state index contributed by atoms with van der Waals surface area (Å²) >= 11 is 0. The molecule has 26 heavy (non-hydrogen) atoms. The van der Waals surface area contributed by atoms with Crippen LogP contribution in [0.1, 0.15) is 18.9 Å². The van der Waals surface area contributed by atoms with Crippen LogP contribution in [0.5, 0.6) is 0 Å². The Balaban J connectivity index is 0.00000243. The van der Waals surface area contributed by atoms with Crippen LogP contribution in [-0.4, -0.2) is 43.6 Å². The summed E-state index contributed by atoms with van der Waals surface area (Å²) < 4.78 is 0. The summed E-state index contributed by atoms with van der Waals surface area (Å²) in [5.41, 5.74) is 2.39. The second-order valence-electron chi connectivity index (χ2n) is 6.68. The minimum absolute atomic E-state index is 0. The topological polar surface area (TPSA) is 81.0 Å². The number of hydrogen-bond donors (Lipinski definition) is 2. The first kappa shape index (κ1) is 20.0. The lowest BCUT2D eigenvalue weighted by Gasteiger charge is -2.38. The van der Waals surface area contributed by atoms with Gasteiger partial charge in [-0.3, -0.25) is 9.78 Å². The van der Waals surface area contributed by atoms with Crippen LogP contribution < -0.4 is 15.5 Å². The van der Waals surface area contributed by atoms with Crippen molar-refractivity contribution in [1.29, 1.82) is 5.26 Å². The van der Waals surface area contributed by atoms with Gasteiger partial charge in [0, 0.05) is 36.4 Å². The molecule has 2 atom stereocenters. The number of piperidine rings is 1. The van der Waals surface area contributed by atoms with Gasteiger partial charge >= 0.3 is 0 Å². The van der Waals surface area contributed by atoms with Gasteiger partial charge in [0.2, 0.25) is 5.91 Å². The molecule has 1 amide bonds. The molecule has 138 valence electrons. The normalized spacial score (nSPS) is 19.5. The Morgan fingerprint density at radius 1 is 1.38 bits per heavy atom. The lowest BCUT2D eigenvalue weighted by atomic mass is 9.94. The van der Waals surface area contributed by atoms with Gasteiger partial charge in [-0.2, -0.15) is 5.26 Å². The van der Waals surface area contributed by atoms with Gasteiger partial charge in [0.25, 0.3) is 0 Å². The Hall–Kier alpha value is -2.36. The minimum atomic E-state index is 0. The number of rotatable bonds is 4. The number of amides is 1. The number of aromatic nitrogens is 1. The fraction of sp³-hybridized carbons (Fsp3) is 0.421. The van der Waals surface area contributed by atoms with E-state index in [2.05, 4.69) is 33.5 Å². The van der Waals surface area contributed by atoms with E-state index in [0.29, 0.717) is 18.0 Å². The predicted molar refractivity (Wildman–Crippen MR) is 106 cm³/mol. The van der Waals surface area contributed by atoms with E-state index in [4.69, 9.17) is 0 Å².